The zero-order valence-corrected chi connectivity index (χ0v) is 11.0. The van der Waals surface area contributed by atoms with Gasteiger partial charge in [0.15, 0.2) is 6.10 Å². The molecule has 1 aromatic carbocycles. The van der Waals surface area contributed by atoms with E-state index in [1.807, 2.05) is 30.3 Å². The van der Waals surface area contributed by atoms with Gasteiger partial charge in [-0.25, -0.2) is 0 Å². The predicted molar refractivity (Wildman–Crippen MR) is 68.0 cm³/mol. The number of carboxylic acids is 1. The molecule has 100 valence electrons. The van der Waals surface area contributed by atoms with Crippen molar-refractivity contribution in [2.45, 2.75) is 11.3 Å². The number of aliphatic carboxylic acids is 1. The highest BCUT2D eigenvalue weighted by molar-refractivity contribution is 7.99. The van der Waals surface area contributed by atoms with Crippen LogP contribution in [-0.2, 0) is 9.53 Å². The van der Waals surface area contributed by atoms with Gasteiger partial charge >= 0.3 is 5.97 Å². The van der Waals surface area contributed by atoms with Crippen molar-refractivity contribution in [3.8, 4) is 0 Å². The number of thioether (sulfide) groups is 1. The van der Waals surface area contributed by atoms with Gasteiger partial charge in [0, 0.05) is 7.11 Å². The Balaban J connectivity index is 2.14. The summed E-state index contributed by atoms with van der Waals surface area (Å²) in [5, 5.41) is 16.5. The summed E-state index contributed by atoms with van der Waals surface area (Å²) in [5.74, 6) is -0.748. The van der Waals surface area contributed by atoms with Gasteiger partial charge in [0.1, 0.15) is 5.75 Å². The van der Waals surface area contributed by atoms with Gasteiger partial charge < -0.3 is 14.3 Å². The van der Waals surface area contributed by atoms with Gasteiger partial charge in [-0.05, 0) is 5.56 Å². The molecule has 1 atom stereocenters. The molecule has 0 fully saturated rings. The van der Waals surface area contributed by atoms with Crippen LogP contribution in [0.3, 0.4) is 0 Å². The number of hydrogen-bond acceptors (Lipinski definition) is 6. The molecule has 0 aliphatic heterocycles. The number of benzene rings is 1. The molecule has 1 unspecified atom stereocenters. The summed E-state index contributed by atoms with van der Waals surface area (Å²) in [4.78, 5) is 10.5. The first kappa shape index (κ1) is 13.6. The third-order valence-electron chi connectivity index (χ3n) is 2.30. The van der Waals surface area contributed by atoms with Gasteiger partial charge in [0.05, 0.1) is 0 Å². The first-order valence-corrected chi connectivity index (χ1v) is 6.45. The Morgan fingerprint density at radius 1 is 1.42 bits per heavy atom. The van der Waals surface area contributed by atoms with E-state index in [1.165, 1.54) is 0 Å². The lowest BCUT2D eigenvalue weighted by Gasteiger charge is -2.10. The Kier molecular flexibility index (Phi) is 4.53. The molecule has 2 rings (SSSR count). The average Bonchev–Trinajstić information content (AvgIpc) is 2.87. The SMILES string of the molecule is COC(c1ccccc1)c1nnc(SCC(=O)O)o1. The fourth-order valence-electron chi connectivity index (χ4n) is 1.52. The van der Waals surface area contributed by atoms with E-state index >= 15 is 0 Å². The zero-order valence-electron chi connectivity index (χ0n) is 10.1. The monoisotopic (exact) mass is 280 g/mol. The number of aromatic nitrogens is 2. The average molecular weight is 280 g/mol. The molecule has 6 nitrogen and oxygen atoms in total. The molecule has 0 aliphatic rings. The minimum Gasteiger partial charge on any atom is -0.481 e. The van der Waals surface area contributed by atoms with Gasteiger partial charge in [-0.1, -0.05) is 42.1 Å². The highest BCUT2D eigenvalue weighted by Crippen LogP contribution is 2.26. The van der Waals surface area contributed by atoms with Gasteiger partial charge in [0.25, 0.3) is 11.1 Å². The number of hydrogen-bond donors (Lipinski definition) is 1. The number of carbonyl (C=O) groups is 1. The fourth-order valence-corrected chi connectivity index (χ4v) is 2.01. The Morgan fingerprint density at radius 2 is 2.16 bits per heavy atom. The standard InChI is InChI=1S/C12H12N2O4S/c1-17-10(8-5-3-2-4-6-8)11-13-14-12(18-11)19-7-9(15)16/h2-6,10H,7H2,1H3,(H,15,16). The summed E-state index contributed by atoms with van der Waals surface area (Å²) in [7, 11) is 1.55. The van der Waals surface area contributed by atoms with Gasteiger partial charge in [0.2, 0.25) is 0 Å². The van der Waals surface area contributed by atoms with Crippen LogP contribution >= 0.6 is 11.8 Å². The van der Waals surface area contributed by atoms with Crippen molar-refractivity contribution in [1.82, 2.24) is 10.2 Å². The predicted octanol–water partition coefficient (Wildman–Crippen LogP) is 1.98. The molecule has 1 N–H and O–H groups in total. The Labute approximate surface area is 113 Å². The van der Waals surface area contributed by atoms with Crippen LogP contribution < -0.4 is 0 Å². The van der Waals surface area contributed by atoms with E-state index in [9.17, 15) is 4.79 Å². The molecule has 0 amide bonds. The van der Waals surface area contributed by atoms with Crippen molar-refractivity contribution in [2.24, 2.45) is 0 Å². The van der Waals surface area contributed by atoms with Crippen molar-refractivity contribution in [3.05, 3.63) is 41.8 Å². The van der Waals surface area contributed by atoms with Gasteiger partial charge in [-0.2, -0.15) is 0 Å². The zero-order chi connectivity index (χ0) is 13.7. The summed E-state index contributed by atoms with van der Waals surface area (Å²) in [6.07, 6.45) is -0.451. The highest BCUT2D eigenvalue weighted by Gasteiger charge is 2.20. The molecular weight excluding hydrogens is 268 g/mol. The molecule has 19 heavy (non-hydrogen) atoms. The lowest BCUT2D eigenvalue weighted by molar-refractivity contribution is -0.133. The normalized spacial score (nSPS) is 12.3. The Bertz CT molecular complexity index is 544. The molecule has 7 heteroatoms. The van der Waals surface area contributed by atoms with Crippen molar-refractivity contribution in [3.63, 3.8) is 0 Å². The summed E-state index contributed by atoms with van der Waals surface area (Å²) >= 11 is 0.977. The van der Waals surface area contributed by atoms with E-state index in [0.29, 0.717) is 5.89 Å². The lowest BCUT2D eigenvalue weighted by Crippen LogP contribution is -2.03. The molecule has 1 heterocycles. The lowest BCUT2D eigenvalue weighted by atomic mass is 10.1. The molecule has 2 aromatic rings. The van der Waals surface area contributed by atoms with Crippen LogP contribution in [0.2, 0.25) is 0 Å². The van der Waals surface area contributed by atoms with Crippen LogP contribution in [0.25, 0.3) is 0 Å². The van der Waals surface area contributed by atoms with Crippen LogP contribution in [0.4, 0.5) is 0 Å². The second-order valence-corrected chi connectivity index (χ2v) is 4.54. The van der Waals surface area contributed by atoms with Gasteiger partial charge in [-0.15, -0.1) is 10.2 Å². The molecule has 0 bridgehead atoms. The third-order valence-corrected chi connectivity index (χ3v) is 3.11. The highest BCUT2D eigenvalue weighted by atomic mass is 32.2. The Morgan fingerprint density at radius 3 is 2.79 bits per heavy atom. The van der Waals surface area contributed by atoms with E-state index in [1.54, 1.807) is 7.11 Å². The summed E-state index contributed by atoms with van der Waals surface area (Å²) in [6, 6.07) is 9.46. The van der Waals surface area contributed by atoms with Crippen molar-refractivity contribution in [1.29, 1.82) is 0 Å². The Hall–Kier alpha value is -1.86. The van der Waals surface area contributed by atoms with E-state index in [2.05, 4.69) is 10.2 Å². The number of nitrogens with zero attached hydrogens (tertiary/aromatic N) is 2. The van der Waals surface area contributed by atoms with E-state index in [0.717, 1.165) is 17.3 Å². The summed E-state index contributed by atoms with van der Waals surface area (Å²) < 4.78 is 10.7. The van der Waals surface area contributed by atoms with Crippen LogP contribution in [0.15, 0.2) is 40.0 Å². The summed E-state index contributed by atoms with van der Waals surface area (Å²) in [6.45, 7) is 0. The fraction of sp³-hybridized carbons (Fsp3) is 0.250. The number of methoxy groups -OCH3 is 1. The van der Waals surface area contributed by atoms with E-state index < -0.39 is 12.1 Å². The largest absolute Gasteiger partial charge is 0.481 e. The maximum atomic E-state index is 10.5. The molecular formula is C12H12N2O4S. The van der Waals surface area contributed by atoms with Crippen LogP contribution in [-0.4, -0.2) is 34.1 Å². The molecule has 0 aliphatic carbocycles. The topological polar surface area (TPSA) is 85.5 Å². The molecule has 0 saturated heterocycles. The number of rotatable bonds is 6. The van der Waals surface area contributed by atoms with Crippen LogP contribution in [0, 0.1) is 0 Å². The second kappa shape index (κ2) is 6.35. The minimum atomic E-state index is -0.934. The molecule has 0 saturated carbocycles. The van der Waals surface area contributed by atoms with Gasteiger partial charge in [-0.3, -0.25) is 4.79 Å². The third kappa shape index (κ3) is 3.55. The van der Waals surface area contributed by atoms with Crippen molar-refractivity contribution < 1.29 is 19.1 Å². The number of ether oxygens (including phenoxy) is 1. The first-order valence-electron chi connectivity index (χ1n) is 5.46. The molecule has 0 radical (unpaired) electrons. The maximum absolute atomic E-state index is 10.5. The minimum absolute atomic E-state index is 0.120. The van der Waals surface area contributed by atoms with E-state index in [4.69, 9.17) is 14.3 Å². The molecule has 0 spiro atoms. The summed E-state index contributed by atoms with van der Waals surface area (Å²) in [5.41, 5.74) is 0.892. The van der Waals surface area contributed by atoms with Crippen LogP contribution in [0.5, 0.6) is 0 Å². The number of carboxylic acid groups (broad SMARTS) is 1. The van der Waals surface area contributed by atoms with Crippen LogP contribution in [0.1, 0.15) is 17.6 Å². The molecule has 1 aromatic heterocycles. The second-order valence-electron chi connectivity index (χ2n) is 3.62. The van der Waals surface area contributed by atoms with E-state index in [-0.39, 0.29) is 11.0 Å². The maximum Gasteiger partial charge on any atom is 0.314 e. The quantitative estimate of drug-likeness (QED) is 0.810. The van der Waals surface area contributed by atoms with Crippen molar-refractivity contribution in [2.75, 3.05) is 12.9 Å². The van der Waals surface area contributed by atoms with Crippen molar-refractivity contribution >= 4 is 17.7 Å². The smallest absolute Gasteiger partial charge is 0.314 e. The first-order chi connectivity index (χ1) is 9.20.